The fourth-order valence-electron chi connectivity index (χ4n) is 5.11. The second-order valence-electron chi connectivity index (χ2n) is 10.3. The fraction of sp³-hybridized carbons (Fsp3) is 0.444. The molecule has 2 aliphatic heterocycles. The van der Waals surface area contributed by atoms with E-state index in [9.17, 15) is 61.0 Å². The zero-order valence-electron chi connectivity index (χ0n) is 22.0. The van der Waals surface area contributed by atoms with Crippen LogP contribution in [0, 0.1) is 0 Å². The van der Waals surface area contributed by atoms with Crippen molar-refractivity contribution in [1.29, 1.82) is 0 Å². The Balaban J connectivity index is 1.53. The smallest absolute Gasteiger partial charge is 0.229 e. The van der Waals surface area contributed by atoms with Gasteiger partial charge in [-0.2, -0.15) is 0 Å². The summed E-state index contributed by atoms with van der Waals surface area (Å²) in [6.45, 7) is -1.46. The van der Waals surface area contributed by atoms with Crippen molar-refractivity contribution < 1.29 is 74.8 Å². The minimum absolute atomic E-state index is 0.0407. The van der Waals surface area contributed by atoms with Gasteiger partial charge in [-0.3, -0.25) is 4.79 Å². The van der Waals surface area contributed by atoms with Crippen molar-refractivity contribution in [3.05, 3.63) is 46.1 Å². The first-order valence-electron chi connectivity index (χ1n) is 13.0. The van der Waals surface area contributed by atoms with Crippen LogP contribution in [0.25, 0.3) is 22.3 Å². The zero-order chi connectivity index (χ0) is 31.3. The Morgan fingerprint density at radius 1 is 0.698 bits per heavy atom. The number of phenolic OH excluding ortho intramolecular Hbond substituents is 3. The summed E-state index contributed by atoms with van der Waals surface area (Å²) < 4.78 is 22.1. The maximum atomic E-state index is 13.0. The van der Waals surface area contributed by atoms with Gasteiger partial charge in [-0.15, -0.1) is 0 Å². The monoisotopic (exact) mass is 610 g/mol. The Morgan fingerprint density at radius 2 is 1.33 bits per heavy atom. The molecule has 43 heavy (non-hydrogen) atoms. The van der Waals surface area contributed by atoms with Gasteiger partial charge in [0.1, 0.15) is 83.2 Å². The molecule has 0 saturated carbocycles. The van der Waals surface area contributed by atoms with E-state index in [1.54, 1.807) is 0 Å². The number of fused-ring (bicyclic) bond motifs is 1. The number of hydrogen-bond donors (Lipinski definition) is 11. The molecule has 2 aliphatic rings. The predicted molar refractivity (Wildman–Crippen MR) is 140 cm³/mol. The molecular formula is C27H30O16. The second kappa shape index (κ2) is 11.9. The van der Waals surface area contributed by atoms with Crippen LogP contribution >= 0.6 is 0 Å². The molecule has 3 aromatic rings. The maximum Gasteiger partial charge on any atom is 0.229 e. The summed E-state index contributed by atoms with van der Waals surface area (Å²) in [6, 6.07) is 5.29. The third kappa shape index (κ3) is 5.49. The summed E-state index contributed by atoms with van der Waals surface area (Å²) in [5, 5.41) is 111. The van der Waals surface area contributed by atoms with Crippen LogP contribution in [0.2, 0.25) is 0 Å². The molecule has 0 bridgehead atoms. The molecule has 0 amide bonds. The average Bonchev–Trinajstić information content (AvgIpc) is 2.97. The Hall–Kier alpha value is -3.55. The average molecular weight is 611 g/mol. The number of aromatic hydroxyl groups is 3. The van der Waals surface area contributed by atoms with Crippen LogP contribution in [0.15, 0.2) is 39.5 Å². The lowest BCUT2D eigenvalue weighted by molar-refractivity contribution is -0.277. The number of phenols is 3. The molecule has 2 fully saturated rings. The molecule has 0 unspecified atom stereocenters. The van der Waals surface area contributed by atoms with Crippen molar-refractivity contribution in [3.8, 4) is 34.3 Å². The van der Waals surface area contributed by atoms with Gasteiger partial charge < -0.3 is 74.8 Å². The predicted octanol–water partition coefficient (Wildman–Crippen LogP) is -2.73. The lowest BCUT2D eigenvalue weighted by Crippen LogP contribution is -2.60. The summed E-state index contributed by atoms with van der Waals surface area (Å²) in [5.74, 6) is -2.54. The van der Waals surface area contributed by atoms with Gasteiger partial charge in [0, 0.05) is 29.3 Å². The van der Waals surface area contributed by atoms with Crippen molar-refractivity contribution in [2.24, 2.45) is 0 Å². The van der Waals surface area contributed by atoms with Crippen LogP contribution in [0.5, 0.6) is 23.0 Å². The highest BCUT2D eigenvalue weighted by Gasteiger charge is 2.46. The van der Waals surface area contributed by atoms with E-state index >= 15 is 0 Å². The molecule has 16 nitrogen and oxygen atoms in total. The molecule has 5 rings (SSSR count). The van der Waals surface area contributed by atoms with Gasteiger partial charge >= 0.3 is 0 Å². The van der Waals surface area contributed by atoms with Gasteiger partial charge in [0.2, 0.25) is 6.29 Å². The first kappa shape index (κ1) is 30.9. The molecule has 16 heteroatoms. The van der Waals surface area contributed by atoms with Crippen LogP contribution in [0.3, 0.4) is 0 Å². The first-order chi connectivity index (χ1) is 20.4. The van der Waals surface area contributed by atoms with E-state index in [0.717, 1.165) is 24.3 Å². The van der Waals surface area contributed by atoms with Crippen molar-refractivity contribution in [1.82, 2.24) is 0 Å². The molecule has 1 aromatic heterocycles. The number of ether oxygens (including phenoxy) is 3. The molecule has 234 valence electrons. The largest absolute Gasteiger partial charge is 0.507 e. The first-order valence-corrected chi connectivity index (χ1v) is 13.0. The van der Waals surface area contributed by atoms with E-state index in [0.29, 0.717) is 0 Å². The molecule has 3 heterocycles. The minimum Gasteiger partial charge on any atom is -0.507 e. The third-order valence-corrected chi connectivity index (χ3v) is 7.49. The molecule has 0 spiro atoms. The molecule has 2 saturated heterocycles. The molecule has 10 atom stereocenters. The normalized spacial score (nSPS) is 33.0. The molecule has 0 radical (unpaired) electrons. The second-order valence-corrected chi connectivity index (χ2v) is 10.3. The number of aliphatic hydroxyl groups is 8. The summed E-state index contributed by atoms with van der Waals surface area (Å²) in [6.07, 6.45) is -16.2. The topological polar surface area (TPSA) is 280 Å². The van der Waals surface area contributed by atoms with Crippen molar-refractivity contribution in [3.63, 3.8) is 0 Å². The van der Waals surface area contributed by atoms with Crippen LogP contribution in [0.1, 0.15) is 11.7 Å². The van der Waals surface area contributed by atoms with E-state index in [1.165, 1.54) is 6.07 Å². The van der Waals surface area contributed by atoms with E-state index < -0.39 is 97.1 Å². The number of aliphatic hydroxyl groups excluding tert-OH is 8. The van der Waals surface area contributed by atoms with Gasteiger partial charge in [0.25, 0.3) is 0 Å². The Morgan fingerprint density at radius 3 is 1.98 bits per heavy atom. The van der Waals surface area contributed by atoms with E-state index in [-0.39, 0.29) is 33.6 Å². The fourth-order valence-corrected chi connectivity index (χ4v) is 5.11. The van der Waals surface area contributed by atoms with E-state index in [2.05, 4.69) is 0 Å². The SMILES string of the molecule is O=c1cc(-c2cc(O)c(O)c([C@@H]3O[C@H](CO)[C@@H](O)[C@H](O)[C@H]3O)c2)oc2cc(O[C@@H]3O[C@H](CO)[C@@H](O)[C@H](O)[C@H]3O)cc(O)c12. The third-order valence-electron chi connectivity index (χ3n) is 7.49. The Bertz CT molecular complexity index is 1540. The number of hydrogen-bond acceptors (Lipinski definition) is 16. The molecule has 2 aromatic carbocycles. The van der Waals surface area contributed by atoms with Gasteiger partial charge in [0.05, 0.1) is 13.2 Å². The van der Waals surface area contributed by atoms with Crippen molar-refractivity contribution >= 4 is 11.0 Å². The molecule has 0 aliphatic carbocycles. The summed E-state index contributed by atoms with van der Waals surface area (Å²) in [5.41, 5.74) is -1.34. The van der Waals surface area contributed by atoms with Crippen molar-refractivity contribution in [2.75, 3.05) is 13.2 Å². The summed E-state index contributed by atoms with van der Waals surface area (Å²) >= 11 is 0. The van der Waals surface area contributed by atoms with Crippen LogP contribution in [-0.2, 0) is 9.47 Å². The van der Waals surface area contributed by atoms with Gasteiger partial charge in [-0.05, 0) is 12.1 Å². The number of benzene rings is 2. The highest BCUT2D eigenvalue weighted by Crippen LogP contribution is 2.43. The van der Waals surface area contributed by atoms with Crippen molar-refractivity contribution in [2.45, 2.75) is 61.2 Å². The maximum absolute atomic E-state index is 13.0. The highest BCUT2D eigenvalue weighted by atomic mass is 16.7. The zero-order valence-corrected chi connectivity index (χ0v) is 22.0. The van der Waals surface area contributed by atoms with Gasteiger partial charge in [-0.1, -0.05) is 0 Å². The van der Waals surface area contributed by atoms with Crippen LogP contribution in [-0.4, -0.2) is 125 Å². The molecule has 11 N–H and O–H groups in total. The quantitative estimate of drug-likeness (QED) is 0.126. The van der Waals surface area contributed by atoms with Crippen LogP contribution < -0.4 is 10.2 Å². The van der Waals surface area contributed by atoms with E-state index in [1.807, 2.05) is 0 Å². The minimum atomic E-state index is -1.80. The summed E-state index contributed by atoms with van der Waals surface area (Å²) in [7, 11) is 0. The Kier molecular flexibility index (Phi) is 8.52. The number of rotatable bonds is 6. The standard InChI is InChI=1S/C27H30O16/c28-6-16-20(34)22(36)24(38)26(42-16)10-1-8(2-13(32)19(10)33)14-5-12(31)18-11(30)3-9(4-15(18)41-14)40-27-25(39)23(37)21(35)17(7-29)43-27/h1-5,16-17,20-30,32-39H,6-7H2/t16-,17-,20-,21-,22+,23+,24-,25-,26+,27-/m1/s1. The molecular weight excluding hydrogens is 580 g/mol. The van der Waals surface area contributed by atoms with Gasteiger partial charge in [0.15, 0.2) is 16.9 Å². The lowest BCUT2D eigenvalue weighted by Gasteiger charge is -2.40. The van der Waals surface area contributed by atoms with E-state index in [4.69, 9.17) is 18.6 Å². The highest BCUT2D eigenvalue weighted by molar-refractivity contribution is 5.86. The lowest BCUT2D eigenvalue weighted by atomic mass is 9.89. The van der Waals surface area contributed by atoms with Gasteiger partial charge in [-0.25, -0.2) is 0 Å². The Labute approximate surface area is 241 Å². The summed E-state index contributed by atoms with van der Waals surface area (Å²) in [4.78, 5) is 13.0. The van der Waals surface area contributed by atoms with Crippen LogP contribution in [0.4, 0.5) is 0 Å².